The largest absolute Gasteiger partial charge is 0.479 e. The monoisotopic (exact) mass is 425 g/mol. The number of rotatable bonds is 9. The Morgan fingerprint density at radius 2 is 1.39 bits per heavy atom. The van der Waals surface area contributed by atoms with Crippen LogP contribution in [0.5, 0.6) is 5.75 Å². The lowest BCUT2D eigenvalue weighted by molar-refractivity contribution is -0.152. The molecule has 5 heteroatoms. The van der Waals surface area contributed by atoms with Gasteiger partial charge in [0.15, 0.2) is 6.10 Å². The molecule has 1 N–H and O–H groups in total. The van der Waals surface area contributed by atoms with Crippen LogP contribution < -0.4 is 10.1 Å². The minimum Gasteiger partial charge on any atom is -0.479 e. The fourth-order valence-corrected chi connectivity index (χ4v) is 3.18. The summed E-state index contributed by atoms with van der Waals surface area (Å²) in [6.07, 6.45) is -0.718. The third kappa shape index (κ3) is 6.84. The number of carbonyl (C=O) groups excluding carboxylic acids is 2. The van der Waals surface area contributed by atoms with Crippen molar-refractivity contribution in [3.8, 4) is 5.75 Å². The first-order chi connectivity index (χ1) is 14.6. The second-order valence-electron chi connectivity index (χ2n) is 8.88. The van der Waals surface area contributed by atoms with E-state index in [-0.39, 0.29) is 11.8 Å². The summed E-state index contributed by atoms with van der Waals surface area (Å²) >= 11 is 0. The molecule has 31 heavy (non-hydrogen) atoms. The average molecular weight is 426 g/mol. The molecule has 5 nitrogen and oxygen atoms in total. The summed E-state index contributed by atoms with van der Waals surface area (Å²) in [5.74, 6) is 0.790. The Balaban J connectivity index is 2.11. The Kier molecular flexibility index (Phi) is 8.66. The number of nitrogens with one attached hydrogen (secondary N) is 1. The summed E-state index contributed by atoms with van der Waals surface area (Å²) in [4.78, 5) is 24.9. The van der Waals surface area contributed by atoms with Crippen molar-refractivity contribution in [2.45, 2.75) is 66.4 Å². The van der Waals surface area contributed by atoms with Gasteiger partial charge in [-0.25, -0.2) is 4.79 Å². The topological polar surface area (TPSA) is 64.6 Å². The second kappa shape index (κ2) is 11.0. The van der Waals surface area contributed by atoms with Crippen molar-refractivity contribution >= 4 is 17.6 Å². The van der Waals surface area contributed by atoms with Gasteiger partial charge >= 0.3 is 5.97 Å². The molecule has 0 aromatic heterocycles. The maximum Gasteiger partial charge on any atom is 0.347 e. The first-order valence-corrected chi connectivity index (χ1v) is 11.0. The van der Waals surface area contributed by atoms with E-state index in [1.165, 1.54) is 0 Å². The molecule has 1 atom stereocenters. The lowest BCUT2D eigenvalue weighted by atomic mass is 9.92. The summed E-state index contributed by atoms with van der Waals surface area (Å²) < 4.78 is 10.9. The van der Waals surface area contributed by atoms with Crippen LogP contribution in [-0.2, 0) is 9.53 Å². The molecule has 0 fully saturated rings. The predicted molar refractivity (Wildman–Crippen MR) is 125 cm³/mol. The van der Waals surface area contributed by atoms with Crippen molar-refractivity contribution in [3.63, 3.8) is 0 Å². The van der Waals surface area contributed by atoms with Crippen LogP contribution in [0, 0.1) is 5.92 Å². The second-order valence-corrected chi connectivity index (χ2v) is 8.88. The fourth-order valence-electron chi connectivity index (χ4n) is 3.18. The number of ether oxygens (including phenoxy) is 2. The maximum atomic E-state index is 12.9. The normalized spacial score (nSPS) is 12.2. The highest BCUT2D eigenvalue weighted by Crippen LogP contribution is 2.32. The molecular weight excluding hydrogens is 390 g/mol. The molecule has 0 radical (unpaired) electrons. The van der Waals surface area contributed by atoms with Crippen LogP contribution in [0.2, 0.25) is 0 Å². The minimum atomic E-state index is -0.718. The van der Waals surface area contributed by atoms with Crippen molar-refractivity contribution in [2.24, 2.45) is 5.92 Å². The molecule has 0 saturated carbocycles. The van der Waals surface area contributed by atoms with E-state index in [9.17, 15) is 9.59 Å². The van der Waals surface area contributed by atoms with Gasteiger partial charge in [-0.15, -0.1) is 0 Å². The Morgan fingerprint density at radius 3 is 1.87 bits per heavy atom. The zero-order valence-corrected chi connectivity index (χ0v) is 19.7. The van der Waals surface area contributed by atoms with Gasteiger partial charge in [-0.3, -0.25) is 4.79 Å². The number of hydrogen-bond acceptors (Lipinski definition) is 4. The van der Waals surface area contributed by atoms with Gasteiger partial charge in [0.25, 0.3) is 5.91 Å². The van der Waals surface area contributed by atoms with Crippen LogP contribution in [-0.4, -0.2) is 24.6 Å². The molecular formula is C26H35NO4. The van der Waals surface area contributed by atoms with Crippen molar-refractivity contribution in [2.75, 3.05) is 11.9 Å². The molecule has 2 aromatic carbocycles. The third-order valence-electron chi connectivity index (χ3n) is 4.93. The SMILES string of the molecule is CC(C)COC(=O)[C@@H](C)Oc1ccc(C(=O)Nc2c(C(C)C)cccc2C(C)C)cc1. The lowest BCUT2D eigenvalue weighted by Gasteiger charge is -2.20. The van der Waals surface area contributed by atoms with Crippen molar-refractivity contribution in [1.29, 1.82) is 0 Å². The van der Waals surface area contributed by atoms with Crippen LogP contribution in [0.25, 0.3) is 0 Å². The van der Waals surface area contributed by atoms with Gasteiger partial charge < -0.3 is 14.8 Å². The van der Waals surface area contributed by atoms with E-state index in [1.807, 2.05) is 19.9 Å². The molecule has 0 aliphatic rings. The summed E-state index contributed by atoms with van der Waals surface area (Å²) in [6, 6.07) is 12.9. The van der Waals surface area contributed by atoms with Crippen LogP contribution >= 0.6 is 0 Å². The van der Waals surface area contributed by atoms with Gasteiger partial charge in [0.05, 0.1) is 6.61 Å². The number of amides is 1. The van der Waals surface area contributed by atoms with E-state index in [4.69, 9.17) is 9.47 Å². The van der Waals surface area contributed by atoms with Crippen LogP contribution in [0.15, 0.2) is 42.5 Å². The quantitative estimate of drug-likeness (QED) is 0.489. The van der Waals surface area contributed by atoms with Gasteiger partial charge in [-0.05, 0) is 60.1 Å². The number of para-hydroxylation sites is 1. The molecule has 0 spiro atoms. The molecule has 0 aliphatic heterocycles. The van der Waals surface area contributed by atoms with E-state index < -0.39 is 12.1 Å². The fraction of sp³-hybridized carbons (Fsp3) is 0.462. The van der Waals surface area contributed by atoms with Gasteiger partial charge in [-0.2, -0.15) is 0 Å². The van der Waals surface area contributed by atoms with Crippen LogP contribution in [0.4, 0.5) is 5.69 Å². The number of anilines is 1. The Labute approximate surface area is 186 Å². The molecule has 0 heterocycles. The first kappa shape index (κ1) is 24.4. The first-order valence-electron chi connectivity index (χ1n) is 11.0. The Hall–Kier alpha value is -2.82. The van der Waals surface area contributed by atoms with Crippen molar-refractivity contribution < 1.29 is 19.1 Å². The van der Waals surface area contributed by atoms with E-state index >= 15 is 0 Å². The van der Waals surface area contributed by atoms with E-state index in [2.05, 4.69) is 45.1 Å². The smallest absolute Gasteiger partial charge is 0.347 e. The Morgan fingerprint density at radius 1 is 0.839 bits per heavy atom. The molecule has 168 valence electrons. The van der Waals surface area contributed by atoms with Gasteiger partial charge in [0.1, 0.15) is 5.75 Å². The zero-order chi connectivity index (χ0) is 23.1. The van der Waals surface area contributed by atoms with E-state index in [0.717, 1.165) is 16.8 Å². The summed E-state index contributed by atoms with van der Waals surface area (Å²) in [5.41, 5.74) is 3.65. The lowest BCUT2D eigenvalue weighted by Crippen LogP contribution is -2.27. The number of benzene rings is 2. The molecule has 0 saturated heterocycles. The number of hydrogen-bond donors (Lipinski definition) is 1. The summed E-state index contributed by atoms with van der Waals surface area (Å²) in [6.45, 7) is 14.5. The predicted octanol–water partition coefficient (Wildman–Crippen LogP) is 6.15. The van der Waals surface area contributed by atoms with E-state index in [1.54, 1.807) is 31.2 Å². The molecule has 0 unspecified atom stereocenters. The van der Waals surface area contributed by atoms with Crippen LogP contribution in [0.1, 0.15) is 81.8 Å². The zero-order valence-electron chi connectivity index (χ0n) is 19.7. The van der Waals surface area contributed by atoms with Gasteiger partial charge in [-0.1, -0.05) is 59.7 Å². The number of esters is 1. The summed E-state index contributed by atoms with van der Waals surface area (Å²) in [5, 5.41) is 3.11. The highest BCUT2D eigenvalue weighted by molar-refractivity contribution is 6.05. The van der Waals surface area contributed by atoms with Gasteiger partial charge in [0, 0.05) is 11.3 Å². The highest BCUT2D eigenvalue weighted by atomic mass is 16.6. The number of carbonyl (C=O) groups is 2. The van der Waals surface area contributed by atoms with Gasteiger partial charge in [0.2, 0.25) is 0 Å². The third-order valence-corrected chi connectivity index (χ3v) is 4.93. The molecule has 2 aromatic rings. The maximum absolute atomic E-state index is 12.9. The van der Waals surface area contributed by atoms with E-state index in [0.29, 0.717) is 29.8 Å². The highest BCUT2D eigenvalue weighted by Gasteiger charge is 2.19. The molecule has 0 bridgehead atoms. The minimum absolute atomic E-state index is 0.175. The average Bonchev–Trinajstić information content (AvgIpc) is 2.72. The molecule has 0 aliphatic carbocycles. The molecule has 1 amide bonds. The summed E-state index contributed by atoms with van der Waals surface area (Å²) in [7, 11) is 0. The standard InChI is InChI=1S/C26H35NO4/c1-16(2)15-30-26(29)19(7)31-21-13-11-20(12-14-21)25(28)27-24-22(17(3)4)9-8-10-23(24)18(5)6/h8-14,16-19H,15H2,1-7H3,(H,27,28)/t19-/m1/s1. The Bertz CT molecular complexity index is 859. The van der Waals surface area contributed by atoms with Crippen LogP contribution in [0.3, 0.4) is 0 Å². The van der Waals surface area contributed by atoms with Crippen molar-refractivity contribution in [1.82, 2.24) is 0 Å². The van der Waals surface area contributed by atoms with Crippen molar-refractivity contribution in [3.05, 3.63) is 59.2 Å². The molecule has 2 rings (SSSR count).